The van der Waals surface area contributed by atoms with Gasteiger partial charge in [-0.1, -0.05) is 37.3 Å². The SMILES string of the molecule is CCCN1[C@@H]2c3ccc(-c4ccccc4)c(=O)n3C[C@@H]2[C@@H](CO)[C@@H]1C(=O)OC. The Morgan fingerprint density at radius 2 is 1.96 bits per heavy atom. The zero-order valence-corrected chi connectivity index (χ0v) is 16.2. The number of benzene rings is 1. The van der Waals surface area contributed by atoms with Crippen LogP contribution < -0.4 is 5.56 Å². The van der Waals surface area contributed by atoms with Gasteiger partial charge in [0.2, 0.25) is 0 Å². The summed E-state index contributed by atoms with van der Waals surface area (Å²) < 4.78 is 6.87. The van der Waals surface area contributed by atoms with E-state index in [1.54, 1.807) is 0 Å². The maximum Gasteiger partial charge on any atom is 0.323 e. The lowest BCUT2D eigenvalue weighted by Gasteiger charge is -2.29. The van der Waals surface area contributed by atoms with Gasteiger partial charge in [0.25, 0.3) is 5.56 Å². The highest BCUT2D eigenvalue weighted by molar-refractivity contribution is 5.77. The van der Waals surface area contributed by atoms with Crippen molar-refractivity contribution in [1.82, 2.24) is 9.47 Å². The van der Waals surface area contributed by atoms with Crippen molar-refractivity contribution in [3.8, 4) is 11.1 Å². The first-order chi connectivity index (χ1) is 13.6. The molecule has 1 aromatic carbocycles. The first kappa shape index (κ1) is 18.9. The lowest BCUT2D eigenvalue weighted by atomic mass is 9.88. The Morgan fingerprint density at radius 1 is 1.21 bits per heavy atom. The number of nitrogens with zero attached hydrogens (tertiary/aromatic N) is 2. The highest BCUT2D eigenvalue weighted by Crippen LogP contribution is 2.49. The number of hydrogen-bond acceptors (Lipinski definition) is 5. The highest BCUT2D eigenvalue weighted by Gasteiger charge is 2.55. The number of carbonyl (C=O) groups excluding carboxylic acids is 1. The Balaban J connectivity index is 1.79. The molecule has 3 heterocycles. The van der Waals surface area contributed by atoms with E-state index in [-0.39, 0.29) is 36.0 Å². The van der Waals surface area contributed by atoms with E-state index < -0.39 is 6.04 Å². The Bertz CT molecular complexity index is 924. The van der Waals surface area contributed by atoms with E-state index in [9.17, 15) is 14.7 Å². The third-order valence-electron chi connectivity index (χ3n) is 6.20. The summed E-state index contributed by atoms with van der Waals surface area (Å²) in [7, 11) is 1.39. The number of aliphatic hydroxyl groups is 1. The number of fused-ring (bicyclic) bond motifs is 3. The third-order valence-corrected chi connectivity index (χ3v) is 6.20. The Kier molecular flexibility index (Phi) is 5.08. The fraction of sp³-hybridized carbons (Fsp3) is 0.455. The molecule has 4 atom stereocenters. The Morgan fingerprint density at radius 3 is 2.61 bits per heavy atom. The van der Waals surface area contributed by atoms with Crippen molar-refractivity contribution < 1.29 is 14.6 Å². The van der Waals surface area contributed by atoms with Crippen LogP contribution >= 0.6 is 0 Å². The van der Waals surface area contributed by atoms with Crippen LogP contribution in [0.25, 0.3) is 11.1 Å². The number of aromatic nitrogens is 1. The number of carbonyl (C=O) groups is 1. The van der Waals surface area contributed by atoms with Crippen LogP contribution in [0.5, 0.6) is 0 Å². The van der Waals surface area contributed by atoms with Crippen LogP contribution in [-0.2, 0) is 16.1 Å². The predicted octanol–water partition coefficient (Wildman–Crippen LogP) is 2.06. The normalized spacial score (nSPS) is 26.1. The van der Waals surface area contributed by atoms with Crippen LogP contribution in [-0.4, -0.2) is 46.8 Å². The number of esters is 1. The fourth-order valence-electron chi connectivity index (χ4n) is 5.05. The van der Waals surface area contributed by atoms with E-state index in [1.807, 2.05) is 47.0 Å². The molecule has 2 aliphatic heterocycles. The Hall–Kier alpha value is -2.44. The monoisotopic (exact) mass is 382 g/mol. The summed E-state index contributed by atoms with van der Waals surface area (Å²) in [6.45, 7) is 3.19. The number of aliphatic hydroxyl groups excluding tert-OH is 1. The van der Waals surface area contributed by atoms with E-state index in [0.717, 1.165) is 17.7 Å². The van der Waals surface area contributed by atoms with E-state index in [0.29, 0.717) is 18.7 Å². The van der Waals surface area contributed by atoms with Crippen molar-refractivity contribution in [2.45, 2.75) is 32.0 Å². The van der Waals surface area contributed by atoms with Gasteiger partial charge in [-0.3, -0.25) is 14.5 Å². The fourth-order valence-corrected chi connectivity index (χ4v) is 5.05. The van der Waals surface area contributed by atoms with Gasteiger partial charge in [0.15, 0.2) is 0 Å². The molecular formula is C22H26N2O4. The molecule has 0 bridgehead atoms. The van der Waals surface area contributed by atoms with E-state index >= 15 is 0 Å². The molecule has 0 spiro atoms. The standard InChI is InChI=1S/C22H26N2O4/c1-3-11-23-19-16(17(13-25)20(23)22(27)28-2)12-24-18(19)10-9-15(21(24)26)14-7-5-4-6-8-14/h4-10,16-17,19-20,25H,3,11-13H2,1-2H3/t16-,17-,19+,20-/m1/s1. The topological polar surface area (TPSA) is 71.8 Å². The first-order valence-corrected chi connectivity index (χ1v) is 9.86. The molecule has 1 saturated heterocycles. The minimum atomic E-state index is -0.470. The third kappa shape index (κ3) is 2.79. The zero-order valence-electron chi connectivity index (χ0n) is 16.2. The molecule has 148 valence electrons. The molecule has 28 heavy (non-hydrogen) atoms. The largest absolute Gasteiger partial charge is 0.468 e. The van der Waals surface area contributed by atoms with E-state index in [4.69, 9.17) is 4.74 Å². The van der Waals surface area contributed by atoms with Gasteiger partial charge in [-0.2, -0.15) is 0 Å². The van der Waals surface area contributed by atoms with Crippen molar-refractivity contribution >= 4 is 5.97 Å². The second kappa shape index (κ2) is 7.53. The minimum Gasteiger partial charge on any atom is -0.468 e. The molecule has 0 saturated carbocycles. The summed E-state index contributed by atoms with van der Waals surface area (Å²) in [6, 6.07) is 13.0. The zero-order chi connectivity index (χ0) is 19.8. The number of rotatable bonds is 5. The lowest BCUT2D eigenvalue weighted by molar-refractivity contribution is -0.148. The number of methoxy groups -OCH3 is 1. The molecular weight excluding hydrogens is 356 g/mol. The maximum atomic E-state index is 13.2. The van der Waals surface area contributed by atoms with Crippen molar-refractivity contribution in [3.05, 3.63) is 58.5 Å². The predicted molar refractivity (Wildman–Crippen MR) is 106 cm³/mol. The van der Waals surface area contributed by atoms with Crippen LogP contribution in [0.15, 0.2) is 47.3 Å². The number of pyridine rings is 1. The van der Waals surface area contributed by atoms with Gasteiger partial charge in [-0.25, -0.2) is 0 Å². The summed E-state index contributed by atoms with van der Waals surface area (Å²) in [5.41, 5.74) is 2.49. The van der Waals surface area contributed by atoms with E-state index in [1.165, 1.54) is 7.11 Å². The Labute approximate surface area is 164 Å². The number of hydrogen-bond donors (Lipinski definition) is 1. The molecule has 4 rings (SSSR count). The molecule has 2 aromatic rings. The second-order valence-corrected chi connectivity index (χ2v) is 7.61. The molecule has 0 aliphatic carbocycles. The van der Waals surface area contributed by atoms with Crippen molar-refractivity contribution in [2.75, 3.05) is 20.3 Å². The van der Waals surface area contributed by atoms with Gasteiger partial charge in [-0.15, -0.1) is 0 Å². The summed E-state index contributed by atoms with van der Waals surface area (Å²) in [5, 5.41) is 10.1. The van der Waals surface area contributed by atoms with Crippen LogP contribution in [0.3, 0.4) is 0 Å². The quantitative estimate of drug-likeness (QED) is 0.802. The second-order valence-electron chi connectivity index (χ2n) is 7.61. The summed E-state index contributed by atoms with van der Waals surface area (Å²) >= 11 is 0. The van der Waals surface area contributed by atoms with Crippen LogP contribution in [0.2, 0.25) is 0 Å². The molecule has 1 aromatic heterocycles. The van der Waals surface area contributed by atoms with Crippen molar-refractivity contribution in [1.29, 1.82) is 0 Å². The van der Waals surface area contributed by atoms with Crippen LogP contribution in [0.4, 0.5) is 0 Å². The highest BCUT2D eigenvalue weighted by atomic mass is 16.5. The summed E-state index contributed by atoms with van der Waals surface area (Å²) in [5.74, 6) is -0.542. The molecule has 6 heteroatoms. The van der Waals surface area contributed by atoms with Gasteiger partial charge in [0.05, 0.1) is 13.2 Å². The smallest absolute Gasteiger partial charge is 0.323 e. The minimum absolute atomic E-state index is 0.0131. The molecule has 1 fully saturated rings. The van der Waals surface area contributed by atoms with E-state index in [2.05, 4.69) is 11.8 Å². The summed E-state index contributed by atoms with van der Waals surface area (Å²) in [6.07, 6.45) is 0.876. The van der Waals surface area contributed by atoms with Crippen molar-refractivity contribution in [2.24, 2.45) is 11.8 Å². The number of ether oxygens (including phenoxy) is 1. The molecule has 2 aliphatic rings. The van der Waals surface area contributed by atoms with Crippen molar-refractivity contribution in [3.63, 3.8) is 0 Å². The van der Waals surface area contributed by atoms with Gasteiger partial charge in [-0.05, 0) is 30.7 Å². The summed E-state index contributed by atoms with van der Waals surface area (Å²) in [4.78, 5) is 27.8. The van der Waals surface area contributed by atoms with Gasteiger partial charge >= 0.3 is 5.97 Å². The number of likely N-dealkylation sites (tertiary alicyclic amines) is 1. The van der Waals surface area contributed by atoms with Crippen LogP contribution in [0, 0.1) is 11.8 Å². The molecule has 1 N–H and O–H groups in total. The molecule has 0 unspecified atom stereocenters. The molecule has 6 nitrogen and oxygen atoms in total. The molecule has 0 amide bonds. The van der Waals surface area contributed by atoms with Gasteiger partial charge in [0.1, 0.15) is 6.04 Å². The van der Waals surface area contributed by atoms with Gasteiger partial charge in [0, 0.05) is 36.2 Å². The lowest BCUT2D eigenvalue weighted by Crippen LogP contribution is -2.43. The van der Waals surface area contributed by atoms with Gasteiger partial charge < -0.3 is 14.4 Å². The average molecular weight is 382 g/mol. The maximum absolute atomic E-state index is 13.2. The molecule has 0 radical (unpaired) electrons. The van der Waals surface area contributed by atoms with Crippen LogP contribution in [0.1, 0.15) is 25.1 Å². The first-order valence-electron chi connectivity index (χ1n) is 9.86. The average Bonchev–Trinajstić information content (AvgIpc) is 3.24.